The van der Waals surface area contributed by atoms with Crippen molar-refractivity contribution in [3.05, 3.63) is 48.0 Å². The summed E-state index contributed by atoms with van der Waals surface area (Å²) in [6.45, 7) is 9.35. The molecule has 1 aromatic carbocycles. The quantitative estimate of drug-likeness (QED) is 0.0219. The molecule has 0 spiro atoms. The van der Waals surface area contributed by atoms with E-state index >= 15 is 0 Å². The molecule has 526 valence electrons. The molecule has 94 heavy (non-hydrogen) atoms. The lowest BCUT2D eigenvalue weighted by Gasteiger charge is -2.28. The molecule has 2 aromatic rings. The first-order valence-electron chi connectivity index (χ1n) is 30.6. The zero-order chi connectivity index (χ0) is 70.8. The molecule has 0 saturated carbocycles. The van der Waals surface area contributed by atoms with Crippen LogP contribution in [0.5, 0.6) is 5.75 Å². The number of carbonyl (C=O) groups is 13. The first kappa shape index (κ1) is 82.7. The minimum atomic E-state index is -1.46. The molecular weight excluding hydrogens is 1300 g/mol. The van der Waals surface area contributed by atoms with E-state index in [2.05, 4.69) is 124 Å². The van der Waals surface area contributed by atoms with Crippen molar-refractivity contribution < 1.29 is 72.5 Å². The van der Waals surface area contributed by atoms with Crippen molar-refractivity contribution in [3.8, 4) is 5.75 Å². The summed E-state index contributed by atoms with van der Waals surface area (Å²) in [5.74, 6) is -13.5. The average molecular weight is 1400 g/mol. The van der Waals surface area contributed by atoms with Crippen LogP contribution < -0.4 is 81.0 Å². The number of aromatic amines is 1. The van der Waals surface area contributed by atoms with Crippen molar-refractivity contribution in [2.45, 2.75) is 159 Å². The third kappa shape index (κ3) is 29.9. The normalized spacial score (nSPS) is 14.7. The molecular formula is C58H95N17O15S4. The summed E-state index contributed by atoms with van der Waals surface area (Å²) in [5, 5.41) is 49.8. The first-order valence-corrected chi connectivity index (χ1v) is 33.1. The lowest BCUT2D eigenvalue weighted by atomic mass is 10.0. The van der Waals surface area contributed by atoms with Gasteiger partial charge in [-0.2, -0.15) is 50.5 Å². The Morgan fingerprint density at radius 1 is 0.479 bits per heavy atom. The van der Waals surface area contributed by atoms with Gasteiger partial charge in [-0.15, -0.1) is 0 Å². The topological polar surface area (TPSA) is 513 Å². The number of imidazole rings is 1. The molecule has 21 N–H and O–H groups in total. The van der Waals surface area contributed by atoms with Gasteiger partial charge in [0.1, 0.15) is 66.2 Å². The summed E-state index contributed by atoms with van der Waals surface area (Å²) >= 11 is 16.7. The van der Waals surface area contributed by atoms with Crippen LogP contribution in [0.4, 0.5) is 0 Å². The number of thiol groups is 4. The van der Waals surface area contributed by atoms with Gasteiger partial charge in [-0.1, -0.05) is 53.7 Å². The Bertz CT molecular complexity index is 2830. The zero-order valence-corrected chi connectivity index (χ0v) is 57.1. The van der Waals surface area contributed by atoms with Crippen molar-refractivity contribution in [1.29, 1.82) is 0 Å². The molecule has 1 aromatic heterocycles. The van der Waals surface area contributed by atoms with Gasteiger partial charge >= 0.3 is 5.97 Å². The smallest absolute Gasteiger partial charge is 0.327 e. The Kier molecular flexibility index (Phi) is 38.3. The summed E-state index contributed by atoms with van der Waals surface area (Å²) in [7, 11) is 0. The Morgan fingerprint density at radius 2 is 0.894 bits per heavy atom. The maximum Gasteiger partial charge on any atom is 0.327 e. The number of benzene rings is 1. The van der Waals surface area contributed by atoms with Crippen molar-refractivity contribution in [1.82, 2.24) is 73.8 Å². The van der Waals surface area contributed by atoms with E-state index in [0.29, 0.717) is 24.1 Å². The molecule has 0 aliphatic carbocycles. The van der Waals surface area contributed by atoms with Gasteiger partial charge in [-0.3, -0.25) is 57.5 Å². The second kappa shape index (κ2) is 43.6. The van der Waals surface area contributed by atoms with Crippen LogP contribution in [0.1, 0.15) is 91.3 Å². The minimum absolute atomic E-state index is 0.00345. The number of aliphatic carboxylic acids is 1. The van der Waals surface area contributed by atoms with Gasteiger partial charge in [0.05, 0.1) is 25.5 Å². The highest BCUT2D eigenvalue weighted by atomic mass is 32.1. The summed E-state index contributed by atoms with van der Waals surface area (Å²) in [5.41, 5.74) is 18.1. The monoisotopic (exact) mass is 1400 g/mol. The fourth-order valence-electron chi connectivity index (χ4n) is 8.78. The van der Waals surface area contributed by atoms with E-state index in [9.17, 15) is 72.5 Å². The maximum absolute atomic E-state index is 14.4. The highest BCUT2D eigenvalue weighted by Gasteiger charge is 2.36. The zero-order valence-electron chi connectivity index (χ0n) is 53.5. The lowest BCUT2D eigenvalue weighted by molar-refractivity contribution is -0.141. The number of nitrogens with one attached hydrogen (secondary N) is 13. The molecule has 11 atom stereocenters. The summed E-state index contributed by atoms with van der Waals surface area (Å²) < 4.78 is 0. The van der Waals surface area contributed by atoms with E-state index in [0.717, 1.165) is 0 Å². The second-order valence-corrected chi connectivity index (χ2v) is 24.6. The predicted molar refractivity (Wildman–Crippen MR) is 361 cm³/mol. The van der Waals surface area contributed by atoms with E-state index in [-0.39, 0.29) is 92.2 Å². The van der Waals surface area contributed by atoms with E-state index in [4.69, 9.17) is 17.2 Å². The van der Waals surface area contributed by atoms with E-state index < -0.39 is 162 Å². The van der Waals surface area contributed by atoms with Crippen molar-refractivity contribution in [2.75, 3.05) is 49.2 Å². The van der Waals surface area contributed by atoms with E-state index in [1.54, 1.807) is 41.5 Å². The first-order chi connectivity index (χ1) is 44.4. The fraction of sp³-hybridized carbons (Fsp3) is 0.621. The number of aromatic hydroxyl groups is 1. The van der Waals surface area contributed by atoms with Gasteiger partial charge < -0.3 is 96.2 Å². The number of H-pyrrole nitrogens is 1. The lowest BCUT2D eigenvalue weighted by Crippen LogP contribution is -2.61. The number of nitrogens with zero attached hydrogens (tertiary/aromatic N) is 1. The van der Waals surface area contributed by atoms with Crippen LogP contribution >= 0.6 is 50.5 Å². The number of nitrogens with two attached hydrogens (primary N) is 3. The number of phenolic OH excluding ortho intramolecular Hbond substituents is 1. The van der Waals surface area contributed by atoms with Crippen molar-refractivity contribution in [2.24, 2.45) is 35.0 Å². The van der Waals surface area contributed by atoms with Gasteiger partial charge in [0.25, 0.3) is 0 Å². The van der Waals surface area contributed by atoms with Gasteiger partial charge in [0.15, 0.2) is 0 Å². The molecule has 36 heteroatoms. The summed E-state index contributed by atoms with van der Waals surface area (Å²) in [6, 6.07) is -8.86. The fourth-order valence-corrected chi connectivity index (χ4v) is 9.80. The number of carboxylic acids is 1. The molecule has 0 aliphatic rings. The molecule has 0 unspecified atom stereocenters. The van der Waals surface area contributed by atoms with Crippen molar-refractivity contribution >= 4 is 127 Å². The summed E-state index contributed by atoms with van der Waals surface area (Å²) in [4.78, 5) is 182. The maximum atomic E-state index is 14.4. The predicted octanol–water partition coefficient (Wildman–Crippen LogP) is -4.66. The van der Waals surface area contributed by atoms with Crippen LogP contribution in [0.15, 0.2) is 36.8 Å². The number of hydrogen-bond donors (Lipinski definition) is 22. The number of carboxylic acid groups (broad SMARTS) is 1. The van der Waals surface area contributed by atoms with Crippen LogP contribution in [-0.2, 0) is 75.2 Å². The summed E-state index contributed by atoms with van der Waals surface area (Å²) in [6.07, 6.45) is 3.22. The molecule has 2 rings (SSSR count). The number of aromatic nitrogens is 2. The second-order valence-electron chi connectivity index (χ2n) is 23.2. The van der Waals surface area contributed by atoms with Gasteiger partial charge in [0.2, 0.25) is 70.9 Å². The van der Waals surface area contributed by atoms with Crippen LogP contribution in [0.3, 0.4) is 0 Å². The molecule has 0 saturated heterocycles. The number of unbranched alkanes of at least 4 members (excludes halogenated alkanes) is 1. The Balaban J connectivity index is 2.33. The van der Waals surface area contributed by atoms with Crippen molar-refractivity contribution in [3.63, 3.8) is 0 Å². The number of carbonyl (C=O) groups excluding carboxylic acids is 12. The molecule has 0 fully saturated rings. The van der Waals surface area contributed by atoms with Crippen LogP contribution in [0.2, 0.25) is 0 Å². The molecule has 32 nitrogen and oxygen atoms in total. The minimum Gasteiger partial charge on any atom is -0.508 e. The number of rotatable bonds is 44. The van der Waals surface area contributed by atoms with E-state index in [1.807, 2.05) is 0 Å². The molecule has 0 aliphatic heterocycles. The molecule has 12 amide bonds. The van der Waals surface area contributed by atoms with Gasteiger partial charge in [-0.05, 0) is 87.1 Å². The standard InChI is InChI=1S/C58H95N17O15S4/c1-29(2)18-37(51(82)72-41(25-92)54(85)70-39(20-33-21-62-28-65-33)53(84)68-36(11-9-17-60)50(81)74-43(27-94)58(89)90)69-49(80)35(10-7-8-16-59)67-52(83)38(19-32-12-14-34(76)15-13-32)66-44(77)22-63-48(79)40(24-91)71-55(86)42(26-93)73-57(88)47(31(5)6)75-45(78)23-64-56(87)46(61)30(3)4/h12-15,21,28-31,35-43,46-47,76,91-94H,7-11,16-20,22-27,59-61H2,1-6H3,(H,62,65)(H,63,79)(H,64,87)(H,66,77)(H,67,83)(H,68,84)(H,69,80)(H,70,85)(H,71,86)(H,72,82)(H,73,88)(H,74,81)(H,75,78)(H,89,90)/t35-,36-,37-,38-,39-,40-,41-,42-,43-,46-,47-/m0/s1. The Morgan fingerprint density at radius 3 is 1.36 bits per heavy atom. The molecule has 0 bridgehead atoms. The average Bonchev–Trinajstić information content (AvgIpc) is 1.05. The van der Waals surface area contributed by atoms with Crippen LogP contribution in [-0.4, -0.2) is 213 Å². The highest BCUT2D eigenvalue weighted by Crippen LogP contribution is 2.14. The third-order valence-corrected chi connectivity index (χ3v) is 15.7. The van der Waals surface area contributed by atoms with Gasteiger partial charge in [-0.25, -0.2) is 9.78 Å². The third-order valence-electron chi connectivity index (χ3n) is 14.3. The Labute approximate surface area is 568 Å². The van der Waals surface area contributed by atoms with Gasteiger partial charge in [0, 0.05) is 47.7 Å². The van der Waals surface area contributed by atoms with Crippen LogP contribution in [0, 0.1) is 17.8 Å². The largest absolute Gasteiger partial charge is 0.508 e. The Hall–Kier alpha value is -7.38. The molecule has 1 heterocycles. The number of phenols is 1. The molecule has 0 radical (unpaired) electrons. The SMILES string of the molecule is CC(C)C[C@H](NC(=O)[C@H](CCCCN)NC(=O)[C@H](Cc1ccc(O)cc1)NC(=O)CNC(=O)[C@H](CS)NC(=O)[C@H](CS)NC(=O)[C@@H](NC(=O)CNC(=O)[C@@H](N)C(C)C)C(C)C)C(=O)N[C@@H](CS)C(=O)N[C@@H](Cc1cnc[nH]1)C(=O)N[C@@H](CCCN)C(=O)N[C@@H](CS)C(=O)O. The van der Waals surface area contributed by atoms with E-state index in [1.165, 1.54) is 36.8 Å². The number of amides is 12. The highest BCUT2D eigenvalue weighted by molar-refractivity contribution is 7.80. The van der Waals surface area contributed by atoms with Crippen LogP contribution in [0.25, 0.3) is 0 Å². The number of hydrogen-bond acceptors (Lipinski definition) is 22.